The molecule has 0 bridgehead atoms. The van der Waals surface area contributed by atoms with Crippen LogP contribution < -0.4 is 4.57 Å². The van der Waals surface area contributed by atoms with Gasteiger partial charge in [-0.2, -0.15) is 8.96 Å². The molecule has 16 heavy (non-hydrogen) atoms. The van der Waals surface area contributed by atoms with Crippen LogP contribution in [-0.2, 0) is 7.05 Å². The Hall–Kier alpha value is -1.72. The lowest BCUT2D eigenvalue weighted by Gasteiger charge is -2.02. The monoisotopic (exact) mass is 234 g/mol. The molecule has 0 radical (unpaired) electrons. The Morgan fingerprint density at radius 3 is 2.06 bits per heavy atom. The number of rotatable bonds is 0. The first-order valence-electron chi connectivity index (χ1n) is 4.24. The van der Waals surface area contributed by atoms with E-state index in [1.54, 1.807) is 0 Å². The number of hydrogen-bond donors (Lipinski definition) is 0. The van der Waals surface area contributed by atoms with Crippen LogP contribution in [0.2, 0.25) is 0 Å². The molecule has 1 aromatic heterocycles. The predicted molar refractivity (Wildman–Crippen MR) is 44.9 cm³/mol. The van der Waals surface area contributed by atoms with E-state index in [4.69, 9.17) is 0 Å². The Balaban J connectivity index is 3.08. The summed E-state index contributed by atoms with van der Waals surface area (Å²) in [6.07, 6.45) is 0.836. The standard InChI is InChI=1S/C10H5F5N/c1-16-3-4(11)2-5-6(12)7(13)8(14)9(15)10(5)16/h2-3H,1H3/q+1. The molecule has 0 unspecified atom stereocenters. The average Bonchev–Trinajstić information content (AvgIpc) is 2.22. The summed E-state index contributed by atoms with van der Waals surface area (Å²) in [6.45, 7) is 0. The molecule has 0 fully saturated rings. The quantitative estimate of drug-likeness (QED) is 0.285. The highest BCUT2D eigenvalue weighted by molar-refractivity contribution is 5.77. The fourth-order valence-corrected chi connectivity index (χ4v) is 1.54. The molecule has 84 valence electrons. The topological polar surface area (TPSA) is 3.88 Å². The zero-order valence-electron chi connectivity index (χ0n) is 7.99. The maximum atomic E-state index is 13.3. The molecule has 0 aliphatic carbocycles. The molecule has 0 amide bonds. The van der Waals surface area contributed by atoms with Gasteiger partial charge in [-0.1, -0.05) is 0 Å². The van der Waals surface area contributed by atoms with E-state index in [1.165, 1.54) is 7.05 Å². The number of aryl methyl sites for hydroxylation is 1. The smallest absolute Gasteiger partial charge is 0.203 e. The normalized spacial score (nSPS) is 11.1. The van der Waals surface area contributed by atoms with Crippen LogP contribution in [0.3, 0.4) is 0 Å². The number of aromatic nitrogens is 1. The van der Waals surface area contributed by atoms with Crippen molar-refractivity contribution in [3.8, 4) is 0 Å². The molecule has 0 aliphatic heterocycles. The van der Waals surface area contributed by atoms with Crippen LogP contribution in [0.25, 0.3) is 10.9 Å². The summed E-state index contributed by atoms with van der Waals surface area (Å²) in [5.74, 6) is -7.89. The predicted octanol–water partition coefficient (Wildman–Crippen LogP) is 2.36. The molecule has 0 atom stereocenters. The van der Waals surface area contributed by atoms with Crippen LogP contribution >= 0.6 is 0 Å². The number of nitrogens with zero attached hydrogens (tertiary/aromatic N) is 1. The molecule has 2 rings (SSSR count). The van der Waals surface area contributed by atoms with Crippen LogP contribution in [0, 0.1) is 29.1 Å². The minimum Gasteiger partial charge on any atom is -0.203 e. The fourth-order valence-electron chi connectivity index (χ4n) is 1.54. The highest BCUT2D eigenvalue weighted by Gasteiger charge is 2.26. The number of fused-ring (bicyclic) bond motifs is 1. The summed E-state index contributed by atoms with van der Waals surface area (Å²) in [6, 6.07) is 0.607. The van der Waals surface area contributed by atoms with Crippen molar-refractivity contribution in [2.24, 2.45) is 7.05 Å². The molecule has 0 saturated heterocycles. The Morgan fingerprint density at radius 1 is 0.875 bits per heavy atom. The third-order valence-electron chi connectivity index (χ3n) is 2.23. The van der Waals surface area contributed by atoms with Gasteiger partial charge in [-0.15, -0.1) is 0 Å². The van der Waals surface area contributed by atoms with Gasteiger partial charge in [0, 0.05) is 0 Å². The highest BCUT2D eigenvalue weighted by Crippen LogP contribution is 2.24. The van der Waals surface area contributed by atoms with Crippen molar-refractivity contribution in [2.75, 3.05) is 0 Å². The SMILES string of the molecule is C[n+]1cc(F)cc2c(F)c(F)c(F)c(F)c21. The van der Waals surface area contributed by atoms with Gasteiger partial charge in [0.1, 0.15) is 7.05 Å². The summed E-state index contributed by atoms with van der Waals surface area (Å²) in [5, 5.41) is -0.640. The molecule has 0 aliphatic rings. The molecule has 0 saturated carbocycles. The molecule has 1 nitrogen and oxygen atoms in total. The van der Waals surface area contributed by atoms with E-state index in [1.807, 2.05) is 0 Å². The van der Waals surface area contributed by atoms with Gasteiger partial charge < -0.3 is 0 Å². The van der Waals surface area contributed by atoms with E-state index < -0.39 is 40.0 Å². The Labute approximate surface area is 86.7 Å². The Morgan fingerprint density at radius 2 is 1.44 bits per heavy atom. The van der Waals surface area contributed by atoms with Gasteiger partial charge >= 0.3 is 0 Å². The lowest BCUT2D eigenvalue weighted by atomic mass is 10.1. The minimum atomic E-state index is -1.95. The van der Waals surface area contributed by atoms with Crippen LogP contribution in [0.5, 0.6) is 0 Å². The van der Waals surface area contributed by atoms with Crippen LogP contribution in [-0.4, -0.2) is 0 Å². The third-order valence-corrected chi connectivity index (χ3v) is 2.23. The first-order chi connectivity index (χ1) is 7.43. The number of benzene rings is 1. The Kier molecular flexibility index (Phi) is 2.29. The largest absolute Gasteiger partial charge is 0.254 e. The van der Waals surface area contributed by atoms with Crippen LogP contribution in [0.15, 0.2) is 12.3 Å². The molecule has 1 aromatic carbocycles. The van der Waals surface area contributed by atoms with E-state index in [-0.39, 0.29) is 0 Å². The third kappa shape index (κ3) is 1.33. The summed E-state index contributed by atoms with van der Waals surface area (Å²) in [4.78, 5) is 0. The summed E-state index contributed by atoms with van der Waals surface area (Å²) < 4.78 is 66.1. The van der Waals surface area contributed by atoms with Crippen molar-refractivity contribution in [1.29, 1.82) is 0 Å². The van der Waals surface area contributed by atoms with E-state index in [9.17, 15) is 22.0 Å². The zero-order chi connectivity index (χ0) is 12.0. The number of halogens is 5. The Bertz CT molecular complexity index is 594. The number of hydrogen-bond acceptors (Lipinski definition) is 0. The summed E-state index contributed by atoms with van der Waals surface area (Å²) >= 11 is 0. The van der Waals surface area contributed by atoms with Crippen LogP contribution in [0.1, 0.15) is 0 Å². The van der Waals surface area contributed by atoms with E-state index in [0.717, 1.165) is 10.8 Å². The van der Waals surface area contributed by atoms with Crippen molar-refractivity contribution >= 4 is 10.9 Å². The minimum absolute atomic E-state index is 0.530. The molecule has 6 heteroatoms. The first-order valence-corrected chi connectivity index (χ1v) is 4.24. The highest BCUT2D eigenvalue weighted by atomic mass is 19.2. The van der Waals surface area contributed by atoms with Gasteiger partial charge in [0.15, 0.2) is 17.5 Å². The molecular formula is C10H5F5N+. The molecule has 1 heterocycles. The van der Waals surface area contributed by atoms with Gasteiger partial charge in [-0.3, -0.25) is 0 Å². The second-order valence-electron chi connectivity index (χ2n) is 3.29. The first kappa shape index (κ1) is 10.8. The molecule has 0 N–H and O–H groups in total. The van der Waals surface area contributed by atoms with E-state index in [2.05, 4.69) is 0 Å². The van der Waals surface area contributed by atoms with Crippen molar-refractivity contribution in [3.63, 3.8) is 0 Å². The van der Waals surface area contributed by atoms with Crippen molar-refractivity contribution in [1.82, 2.24) is 0 Å². The average molecular weight is 234 g/mol. The van der Waals surface area contributed by atoms with E-state index >= 15 is 0 Å². The van der Waals surface area contributed by atoms with Crippen molar-refractivity contribution < 1.29 is 26.5 Å². The van der Waals surface area contributed by atoms with E-state index in [0.29, 0.717) is 6.07 Å². The van der Waals surface area contributed by atoms with Gasteiger partial charge in [-0.25, -0.2) is 17.6 Å². The summed E-state index contributed by atoms with van der Waals surface area (Å²) in [7, 11) is 1.20. The zero-order valence-corrected chi connectivity index (χ0v) is 7.99. The van der Waals surface area contributed by atoms with Crippen molar-refractivity contribution in [3.05, 3.63) is 41.3 Å². The lowest BCUT2D eigenvalue weighted by molar-refractivity contribution is -0.647. The maximum Gasteiger partial charge on any atom is 0.254 e. The number of pyridine rings is 1. The maximum absolute atomic E-state index is 13.3. The second kappa shape index (κ2) is 3.40. The van der Waals surface area contributed by atoms with Crippen LogP contribution in [0.4, 0.5) is 22.0 Å². The van der Waals surface area contributed by atoms with Gasteiger partial charge in [0.05, 0.1) is 5.39 Å². The molecule has 2 aromatic rings. The van der Waals surface area contributed by atoms with Crippen molar-refractivity contribution in [2.45, 2.75) is 0 Å². The van der Waals surface area contributed by atoms with Gasteiger partial charge in [0.2, 0.25) is 17.8 Å². The molecule has 0 spiro atoms. The summed E-state index contributed by atoms with van der Waals surface area (Å²) in [5.41, 5.74) is -0.530. The van der Waals surface area contributed by atoms with Gasteiger partial charge in [0.25, 0.3) is 5.52 Å². The van der Waals surface area contributed by atoms with Gasteiger partial charge in [-0.05, 0) is 6.07 Å². The molecular weight excluding hydrogens is 229 g/mol. The fraction of sp³-hybridized carbons (Fsp3) is 0.100. The lowest BCUT2D eigenvalue weighted by Crippen LogP contribution is -2.31. The second-order valence-corrected chi connectivity index (χ2v) is 3.29.